The largest absolute Gasteiger partial charge is 0.462 e. The van der Waals surface area contributed by atoms with Crippen LogP contribution < -0.4 is 5.32 Å². The Morgan fingerprint density at radius 2 is 1.79 bits per heavy atom. The molecular formula is C17H31F3N2O2. The van der Waals surface area contributed by atoms with Crippen molar-refractivity contribution in [3.05, 3.63) is 0 Å². The number of ether oxygens (including phenoxy) is 1. The summed E-state index contributed by atoms with van der Waals surface area (Å²) in [5, 5.41) is 3.29. The van der Waals surface area contributed by atoms with Crippen LogP contribution >= 0.6 is 0 Å². The van der Waals surface area contributed by atoms with Crippen molar-refractivity contribution >= 4 is 6.47 Å². The van der Waals surface area contributed by atoms with Gasteiger partial charge in [0.2, 0.25) is 0 Å². The summed E-state index contributed by atoms with van der Waals surface area (Å²) in [5.41, 5.74) is -0.318. The molecule has 0 radical (unpaired) electrons. The maximum absolute atomic E-state index is 12.7. The van der Waals surface area contributed by atoms with Gasteiger partial charge in [0.15, 0.2) is 0 Å². The molecule has 1 N–H and O–H groups in total. The van der Waals surface area contributed by atoms with Gasteiger partial charge in [-0.15, -0.1) is 0 Å². The average molecular weight is 352 g/mol. The second kappa shape index (κ2) is 9.61. The smallest absolute Gasteiger partial charge is 0.393 e. The van der Waals surface area contributed by atoms with Crippen LogP contribution in [0.1, 0.15) is 46.5 Å². The highest BCUT2D eigenvalue weighted by Gasteiger charge is 2.41. The van der Waals surface area contributed by atoms with Crippen molar-refractivity contribution in [2.75, 3.05) is 32.7 Å². The summed E-state index contributed by atoms with van der Waals surface area (Å²) >= 11 is 0. The Morgan fingerprint density at radius 3 is 2.25 bits per heavy atom. The van der Waals surface area contributed by atoms with Gasteiger partial charge >= 0.3 is 6.18 Å². The van der Waals surface area contributed by atoms with Gasteiger partial charge in [0.1, 0.15) is 5.60 Å². The van der Waals surface area contributed by atoms with Crippen molar-refractivity contribution < 1.29 is 22.7 Å². The molecule has 2 aliphatic heterocycles. The van der Waals surface area contributed by atoms with Gasteiger partial charge in [0.05, 0.1) is 5.92 Å². The van der Waals surface area contributed by atoms with Crippen molar-refractivity contribution in [3.8, 4) is 0 Å². The van der Waals surface area contributed by atoms with Crippen LogP contribution in [0.15, 0.2) is 0 Å². The molecular weight excluding hydrogens is 321 g/mol. The number of carbonyl (C=O) groups is 1. The minimum atomic E-state index is -4.01. The lowest BCUT2D eigenvalue weighted by atomic mass is 9.93. The van der Waals surface area contributed by atoms with Crippen molar-refractivity contribution in [1.29, 1.82) is 0 Å². The number of alkyl halides is 3. The molecule has 0 aromatic carbocycles. The average Bonchev–Trinajstić information content (AvgIpc) is 2.47. The molecule has 0 spiro atoms. The zero-order valence-electron chi connectivity index (χ0n) is 15.0. The van der Waals surface area contributed by atoms with Crippen molar-refractivity contribution in [3.63, 3.8) is 0 Å². The van der Waals surface area contributed by atoms with Gasteiger partial charge in [-0.05, 0) is 72.0 Å². The van der Waals surface area contributed by atoms with E-state index in [1.54, 1.807) is 0 Å². The van der Waals surface area contributed by atoms with Crippen LogP contribution in [-0.2, 0) is 9.53 Å². The summed E-state index contributed by atoms with van der Waals surface area (Å²) in [4.78, 5) is 11.6. The van der Waals surface area contributed by atoms with Crippen LogP contribution in [-0.4, -0.2) is 55.9 Å². The van der Waals surface area contributed by atoms with Crippen LogP contribution in [0.2, 0.25) is 0 Å². The van der Waals surface area contributed by atoms with Crippen LogP contribution in [0.25, 0.3) is 0 Å². The second-order valence-corrected chi connectivity index (χ2v) is 7.66. The molecule has 7 heteroatoms. The first kappa shape index (κ1) is 21.2. The molecule has 2 aliphatic rings. The Morgan fingerprint density at radius 1 is 1.17 bits per heavy atom. The molecule has 142 valence electrons. The monoisotopic (exact) mass is 352 g/mol. The molecule has 1 atom stereocenters. The summed E-state index contributed by atoms with van der Waals surface area (Å²) in [6, 6.07) is 0. The molecule has 0 aromatic heterocycles. The lowest BCUT2D eigenvalue weighted by Gasteiger charge is -2.36. The molecule has 24 heavy (non-hydrogen) atoms. The summed E-state index contributed by atoms with van der Waals surface area (Å²) in [6.07, 6.45) is -0.797. The summed E-state index contributed by atoms with van der Waals surface area (Å²) < 4.78 is 42.5. The summed E-state index contributed by atoms with van der Waals surface area (Å²) in [5.74, 6) is -0.513. The van der Waals surface area contributed by atoms with E-state index < -0.39 is 12.1 Å². The highest BCUT2D eigenvalue weighted by atomic mass is 19.4. The van der Waals surface area contributed by atoms with E-state index in [0.717, 1.165) is 39.0 Å². The number of halogens is 3. The number of likely N-dealkylation sites (tertiary alicyclic amines) is 1. The Labute approximate surface area is 143 Å². The zero-order chi connectivity index (χ0) is 18.2. The van der Waals surface area contributed by atoms with E-state index in [1.165, 1.54) is 0 Å². The first-order chi connectivity index (χ1) is 11.1. The van der Waals surface area contributed by atoms with E-state index in [4.69, 9.17) is 0 Å². The van der Waals surface area contributed by atoms with E-state index in [0.29, 0.717) is 25.2 Å². The lowest BCUT2D eigenvalue weighted by molar-refractivity contribution is -0.187. The number of rotatable bonds is 3. The molecule has 2 fully saturated rings. The van der Waals surface area contributed by atoms with E-state index in [1.807, 2.05) is 25.7 Å². The SMILES string of the molecule is CC(C)(C)OC=O.FC(F)(F)C1CCCN(CC2CCNCC2)C1. The number of nitrogens with zero attached hydrogens (tertiary/aromatic N) is 1. The Kier molecular flexibility index (Phi) is 8.50. The molecule has 1 unspecified atom stereocenters. The van der Waals surface area contributed by atoms with Crippen LogP contribution in [0, 0.1) is 11.8 Å². The van der Waals surface area contributed by atoms with E-state index in [-0.39, 0.29) is 12.1 Å². The quantitative estimate of drug-likeness (QED) is 0.792. The topological polar surface area (TPSA) is 41.6 Å². The van der Waals surface area contributed by atoms with Gasteiger partial charge in [0.25, 0.3) is 6.47 Å². The van der Waals surface area contributed by atoms with Crippen molar-refractivity contribution in [2.24, 2.45) is 11.8 Å². The van der Waals surface area contributed by atoms with Crippen LogP contribution in [0.3, 0.4) is 0 Å². The van der Waals surface area contributed by atoms with Gasteiger partial charge < -0.3 is 15.0 Å². The molecule has 0 aliphatic carbocycles. The third kappa shape index (κ3) is 8.87. The molecule has 0 saturated carbocycles. The minimum Gasteiger partial charge on any atom is -0.462 e. The van der Waals surface area contributed by atoms with E-state index >= 15 is 0 Å². The normalized spacial score (nSPS) is 24.0. The van der Waals surface area contributed by atoms with Crippen molar-refractivity contribution in [2.45, 2.75) is 58.2 Å². The van der Waals surface area contributed by atoms with E-state index in [2.05, 4.69) is 10.1 Å². The maximum atomic E-state index is 12.7. The number of piperidine rings is 2. The van der Waals surface area contributed by atoms with E-state index in [9.17, 15) is 18.0 Å². The molecule has 0 bridgehead atoms. The summed E-state index contributed by atoms with van der Waals surface area (Å²) in [6.45, 7) is 9.87. The molecule has 0 amide bonds. The van der Waals surface area contributed by atoms with Crippen molar-refractivity contribution in [1.82, 2.24) is 10.2 Å². The first-order valence-corrected chi connectivity index (χ1v) is 8.73. The Balaban J connectivity index is 0.000000351. The molecule has 2 heterocycles. The Hall–Kier alpha value is -0.820. The number of nitrogens with one attached hydrogen (secondary N) is 1. The molecule has 2 saturated heterocycles. The molecule has 4 nitrogen and oxygen atoms in total. The zero-order valence-corrected chi connectivity index (χ0v) is 15.0. The second-order valence-electron chi connectivity index (χ2n) is 7.66. The highest BCUT2D eigenvalue weighted by Crippen LogP contribution is 2.33. The third-order valence-electron chi connectivity index (χ3n) is 4.35. The number of hydrogen-bond acceptors (Lipinski definition) is 4. The first-order valence-electron chi connectivity index (χ1n) is 8.73. The highest BCUT2D eigenvalue weighted by molar-refractivity contribution is 5.37. The van der Waals surface area contributed by atoms with Gasteiger partial charge in [-0.2, -0.15) is 13.2 Å². The standard InChI is InChI=1S/C12H21F3N2.C5H10O2/c13-12(14,15)11-2-1-7-17(9-11)8-10-3-5-16-6-4-10;1-5(2,3)7-4-6/h10-11,16H,1-9H2;4H,1-3H3. The Bertz CT molecular complexity index is 364. The predicted octanol–water partition coefficient (Wildman–Crippen LogP) is 3.22. The third-order valence-corrected chi connectivity index (χ3v) is 4.35. The lowest BCUT2D eigenvalue weighted by Crippen LogP contribution is -2.44. The van der Waals surface area contributed by atoms with Crippen LogP contribution in [0.5, 0.6) is 0 Å². The number of hydrogen-bond donors (Lipinski definition) is 1. The molecule has 2 rings (SSSR count). The molecule has 0 aromatic rings. The fraction of sp³-hybridized carbons (Fsp3) is 0.941. The maximum Gasteiger partial charge on any atom is 0.393 e. The predicted molar refractivity (Wildman–Crippen MR) is 87.7 cm³/mol. The van der Waals surface area contributed by atoms with Gasteiger partial charge in [-0.3, -0.25) is 4.79 Å². The minimum absolute atomic E-state index is 0.216. The van der Waals surface area contributed by atoms with Gasteiger partial charge in [-0.25, -0.2) is 0 Å². The van der Waals surface area contributed by atoms with Gasteiger partial charge in [-0.1, -0.05) is 0 Å². The fourth-order valence-corrected chi connectivity index (χ4v) is 3.06. The fourth-order valence-electron chi connectivity index (χ4n) is 3.06. The van der Waals surface area contributed by atoms with Gasteiger partial charge in [0, 0.05) is 13.1 Å². The summed E-state index contributed by atoms with van der Waals surface area (Å²) in [7, 11) is 0. The number of carbonyl (C=O) groups excluding carboxylic acids is 1. The van der Waals surface area contributed by atoms with Crippen LogP contribution in [0.4, 0.5) is 13.2 Å².